The van der Waals surface area contributed by atoms with E-state index in [4.69, 9.17) is 0 Å². The zero-order valence-corrected chi connectivity index (χ0v) is 13.2. The normalized spacial score (nSPS) is 20.8. The summed E-state index contributed by atoms with van der Waals surface area (Å²) in [6.07, 6.45) is 5.89. The summed E-state index contributed by atoms with van der Waals surface area (Å²) in [6, 6.07) is 1.58. The Balaban J connectivity index is 1.43. The Morgan fingerprint density at radius 3 is 2.92 bits per heavy atom. The topological polar surface area (TPSA) is 122 Å². The van der Waals surface area contributed by atoms with Gasteiger partial charge >= 0.3 is 0 Å². The summed E-state index contributed by atoms with van der Waals surface area (Å²) in [5.74, 6) is 0.527. The number of hydrogen-bond donors (Lipinski definition) is 2. The average Bonchev–Trinajstić information content (AvgIpc) is 3.11. The SMILES string of the molecule is O=C(CCCn1cnnn1)N1CC[C@@H](Nc2ncccn2)[C@H](O)C1. The number of hydrogen-bond acceptors (Lipinski definition) is 8. The van der Waals surface area contributed by atoms with E-state index in [2.05, 4.69) is 30.8 Å². The van der Waals surface area contributed by atoms with Gasteiger partial charge in [0.25, 0.3) is 0 Å². The highest BCUT2D eigenvalue weighted by atomic mass is 16.3. The van der Waals surface area contributed by atoms with Crippen LogP contribution in [0.15, 0.2) is 24.8 Å². The first-order valence-electron chi connectivity index (χ1n) is 7.92. The lowest BCUT2D eigenvalue weighted by Crippen LogP contribution is -2.51. The number of amides is 1. The van der Waals surface area contributed by atoms with E-state index >= 15 is 0 Å². The Bertz CT molecular complexity index is 635. The van der Waals surface area contributed by atoms with E-state index in [0.29, 0.717) is 44.8 Å². The molecule has 3 rings (SSSR count). The van der Waals surface area contributed by atoms with Crippen LogP contribution >= 0.6 is 0 Å². The predicted octanol–water partition coefficient (Wildman–Crippen LogP) is -0.683. The molecule has 10 nitrogen and oxygen atoms in total. The number of carbonyl (C=O) groups excluding carboxylic acids is 1. The number of aromatic nitrogens is 6. The van der Waals surface area contributed by atoms with Crippen LogP contribution in [-0.2, 0) is 11.3 Å². The van der Waals surface area contributed by atoms with Gasteiger partial charge in [-0.05, 0) is 29.3 Å². The highest BCUT2D eigenvalue weighted by molar-refractivity contribution is 5.76. The summed E-state index contributed by atoms with van der Waals surface area (Å²) < 4.78 is 1.60. The number of aliphatic hydroxyl groups excluding tert-OH is 1. The molecule has 0 saturated carbocycles. The summed E-state index contributed by atoms with van der Waals surface area (Å²) in [5, 5.41) is 24.3. The van der Waals surface area contributed by atoms with E-state index in [1.54, 1.807) is 28.0 Å². The van der Waals surface area contributed by atoms with Crippen molar-refractivity contribution in [3.8, 4) is 0 Å². The molecule has 2 atom stereocenters. The van der Waals surface area contributed by atoms with Crippen LogP contribution in [0.3, 0.4) is 0 Å². The number of likely N-dealkylation sites (tertiary alicyclic amines) is 1. The number of β-amino-alcohol motifs (C(OH)–C–C–N with tert-alkyl or cyclic N) is 1. The van der Waals surface area contributed by atoms with Gasteiger partial charge in [-0.15, -0.1) is 5.10 Å². The van der Waals surface area contributed by atoms with Crippen LogP contribution in [0.1, 0.15) is 19.3 Å². The molecule has 0 aliphatic carbocycles. The summed E-state index contributed by atoms with van der Waals surface area (Å²) in [6.45, 7) is 1.52. The zero-order valence-electron chi connectivity index (χ0n) is 13.2. The van der Waals surface area contributed by atoms with Crippen LogP contribution in [0.25, 0.3) is 0 Å². The Morgan fingerprint density at radius 1 is 1.38 bits per heavy atom. The maximum absolute atomic E-state index is 12.2. The summed E-state index contributed by atoms with van der Waals surface area (Å²) in [5.41, 5.74) is 0. The highest BCUT2D eigenvalue weighted by Gasteiger charge is 2.30. The van der Waals surface area contributed by atoms with Gasteiger partial charge in [0.2, 0.25) is 11.9 Å². The number of aliphatic hydroxyl groups is 1. The van der Waals surface area contributed by atoms with E-state index < -0.39 is 6.10 Å². The Hall–Kier alpha value is -2.62. The predicted molar refractivity (Wildman–Crippen MR) is 83.7 cm³/mol. The van der Waals surface area contributed by atoms with Crippen molar-refractivity contribution < 1.29 is 9.90 Å². The molecule has 0 unspecified atom stereocenters. The van der Waals surface area contributed by atoms with Crippen molar-refractivity contribution >= 4 is 11.9 Å². The molecule has 1 amide bonds. The fourth-order valence-electron chi connectivity index (χ4n) is 2.70. The maximum Gasteiger partial charge on any atom is 0.222 e. The summed E-state index contributed by atoms with van der Waals surface area (Å²) >= 11 is 0. The lowest BCUT2D eigenvalue weighted by molar-refractivity contribution is -0.134. The van der Waals surface area contributed by atoms with Gasteiger partial charge in [0.1, 0.15) is 6.33 Å². The van der Waals surface area contributed by atoms with Gasteiger partial charge in [-0.2, -0.15) is 0 Å². The van der Waals surface area contributed by atoms with Crippen molar-refractivity contribution in [2.45, 2.75) is 38.0 Å². The Morgan fingerprint density at radius 2 is 2.21 bits per heavy atom. The molecule has 2 N–H and O–H groups in total. The van der Waals surface area contributed by atoms with E-state index in [0.717, 1.165) is 0 Å². The number of nitrogens with zero attached hydrogens (tertiary/aromatic N) is 7. The number of carbonyl (C=O) groups is 1. The smallest absolute Gasteiger partial charge is 0.222 e. The van der Waals surface area contributed by atoms with Crippen molar-refractivity contribution in [2.75, 3.05) is 18.4 Å². The fraction of sp³-hybridized carbons (Fsp3) is 0.571. The number of anilines is 1. The number of piperidine rings is 1. The number of nitrogens with one attached hydrogen (secondary N) is 1. The van der Waals surface area contributed by atoms with Crippen LogP contribution < -0.4 is 5.32 Å². The molecule has 1 aliphatic rings. The molecular formula is C14H20N8O2. The summed E-state index contributed by atoms with van der Waals surface area (Å²) in [7, 11) is 0. The first kappa shape index (κ1) is 16.2. The first-order valence-corrected chi connectivity index (χ1v) is 7.92. The number of aryl methyl sites for hydroxylation is 1. The third kappa shape index (κ3) is 4.22. The van der Waals surface area contributed by atoms with E-state index in [9.17, 15) is 9.90 Å². The van der Waals surface area contributed by atoms with Gasteiger partial charge in [0.05, 0.1) is 12.1 Å². The molecule has 0 radical (unpaired) electrons. The molecule has 2 aromatic heterocycles. The van der Waals surface area contributed by atoms with Crippen LogP contribution in [0.2, 0.25) is 0 Å². The third-order valence-corrected chi connectivity index (χ3v) is 3.98. The molecule has 0 spiro atoms. The molecule has 2 aromatic rings. The number of rotatable bonds is 6. The van der Waals surface area contributed by atoms with E-state index in [-0.39, 0.29) is 11.9 Å². The second-order valence-electron chi connectivity index (χ2n) is 5.70. The third-order valence-electron chi connectivity index (χ3n) is 3.98. The second kappa shape index (κ2) is 7.77. The van der Waals surface area contributed by atoms with Crippen molar-refractivity contribution in [3.63, 3.8) is 0 Å². The molecule has 1 saturated heterocycles. The lowest BCUT2D eigenvalue weighted by Gasteiger charge is -2.36. The van der Waals surface area contributed by atoms with E-state index in [1.807, 2.05) is 0 Å². The fourth-order valence-corrected chi connectivity index (χ4v) is 2.70. The van der Waals surface area contributed by atoms with Gasteiger partial charge in [0.15, 0.2) is 0 Å². The van der Waals surface area contributed by atoms with Crippen molar-refractivity contribution in [2.24, 2.45) is 0 Å². The van der Waals surface area contributed by atoms with Crippen LogP contribution in [-0.4, -0.2) is 71.3 Å². The second-order valence-corrected chi connectivity index (χ2v) is 5.70. The standard InChI is InChI=1S/C14H20N8O2/c23-12-9-21(13(24)3-1-7-22-10-17-19-20-22)8-4-11(12)18-14-15-5-2-6-16-14/h2,5-6,10-12,23H,1,3-4,7-9H2,(H,15,16,18)/t11-,12-/m1/s1. The first-order chi connectivity index (χ1) is 11.7. The molecule has 0 bridgehead atoms. The largest absolute Gasteiger partial charge is 0.389 e. The van der Waals surface area contributed by atoms with Crippen molar-refractivity contribution in [1.29, 1.82) is 0 Å². The number of tetrazole rings is 1. The quantitative estimate of drug-likeness (QED) is 0.713. The van der Waals surface area contributed by atoms with Gasteiger partial charge < -0.3 is 15.3 Å². The van der Waals surface area contributed by atoms with Crippen molar-refractivity contribution in [1.82, 2.24) is 35.1 Å². The van der Waals surface area contributed by atoms with Crippen LogP contribution in [0, 0.1) is 0 Å². The maximum atomic E-state index is 12.2. The van der Waals surface area contributed by atoms with Gasteiger partial charge in [-0.25, -0.2) is 14.6 Å². The molecule has 1 fully saturated rings. The monoisotopic (exact) mass is 332 g/mol. The Labute approximate surface area is 138 Å². The van der Waals surface area contributed by atoms with Crippen LogP contribution in [0.5, 0.6) is 0 Å². The lowest BCUT2D eigenvalue weighted by atomic mass is 10.0. The van der Waals surface area contributed by atoms with Gasteiger partial charge in [0, 0.05) is 38.4 Å². The van der Waals surface area contributed by atoms with Crippen LogP contribution in [0.4, 0.5) is 5.95 Å². The molecule has 0 aromatic carbocycles. The minimum absolute atomic E-state index is 0.0385. The molecule has 10 heteroatoms. The van der Waals surface area contributed by atoms with E-state index in [1.165, 1.54) is 6.33 Å². The van der Waals surface area contributed by atoms with Gasteiger partial charge in [-0.3, -0.25) is 4.79 Å². The van der Waals surface area contributed by atoms with Crippen molar-refractivity contribution in [3.05, 3.63) is 24.8 Å². The Kier molecular flexibility index (Phi) is 5.26. The van der Waals surface area contributed by atoms with Gasteiger partial charge in [-0.1, -0.05) is 0 Å². The molecular weight excluding hydrogens is 312 g/mol. The molecule has 128 valence electrons. The highest BCUT2D eigenvalue weighted by Crippen LogP contribution is 2.16. The molecule has 1 aliphatic heterocycles. The molecule has 24 heavy (non-hydrogen) atoms. The summed E-state index contributed by atoms with van der Waals surface area (Å²) in [4.78, 5) is 22.1. The minimum atomic E-state index is -0.647. The minimum Gasteiger partial charge on any atom is -0.389 e. The zero-order chi connectivity index (χ0) is 16.8. The average molecular weight is 332 g/mol. The molecule has 3 heterocycles.